The van der Waals surface area contributed by atoms with E-state index in [1.54, 1.807) is 38.1 Å². The molecule has 1 aliphatic heterocycles. The number of H-pyrrole nitrogens is 2. The molecule has 4 N–H and O–H groups in total. The second kappa shape index (κ2) is 6.31. The molecule has 3 heterocycles. The molecule has 4 rings (SSSR count). The first-order valence-corrected chi connectivity index (χ1v) is 8.55. The highest BCUT2D eigenvalue weighted by Gasteiger charge is 2.50. The van der Waals surface area contributed by atoms with Crippen molar-refractivity contribution in [3.63, 3.8) is 0 Å². The number of benzene rings is 1. The van der Waals surface area contributed by atoms with Gasteiger partial charge in [-0.05, 0) is 32.0 Å². The summed E-state index contributed by atoms with van der Waals surface area (Å²) in [5, 5.41) is 21.5. The van der Waals surface area contributed by atoms with Crippen molar-refractivity contribution < 1.29 is 24.4 Å². The number of hydrogen-bond acceptors (Lipinski definition) is 7. The van der Waals surface area contributed by atoms with Crippen LogP contribution in [0.2, 0.25) is 0 Å². The predicted molar refractivity (Wildman–Crippen MR) is 96.6 cm³/mol. The molecule has 1 aromatic carbocycles. The van der Waals surface area contributed by atoms with Gasteiger partial charge >= 0.3 is 5.69 Å². The lowest BCUT2D eigenvalue weighted by Gasteiger charge is -2.46. The standard InChI is InChI=1S/C18H21N3O6/c1-18(2)14(25-3)12(22)13(23)16(27-18)26-9-5-4-8-6-11-15(19-10(8)7-9)21-17(24)20-11/h4-7,12-14,16,22-23H,1-3H3,(H2,19,20,21,24)/t12?,13?,14-,16-/m1/s1. The maximum Gasteiger partial charge on any atom is 0.325 e. The molecule has 0 radical (unpaired) electrons. The molecule has 0 aliphatic carbocycles. The van der Waals surface area contributed by atoms with Crippen molar-refractivity contribution >= 4 is 22.1 Å². The third-order valence-corrected chi connectivity index (χ3v) is 4.82. The lowest BCUT2D eigenvalue weighted by atomic mass is 9.89. The number of nitrogens with one attached hydrogen (secondary N) is 2. The number of aliphatic hydroxyl groups excluding tert-OH is 2. The molecule has 0 spiro atoms. The van der Waals surface area contributed by atoms with E-state index in [0.717, 1.165) is 5.39 Å². The molecule has 2 aromatic heterocycles. The van der Waals surface area contributed by atoms with E-state index in [2.05, 4.69) is 15.0 Å². The Labute approximate surface area is 153 Å². The molecule has 1 aliphatic rings. The molecule has 4 atom stereocenters. The number of aromatic nitrogens is 3. The summed E-state index contributed by atoms with van der Waals surface area (Å²) < 4.78 is 16.9. The van der Waals surface area contributed by atoms with Gasteiger partial charge in [-0.1, -0.05) is 0 Å². The molecule has 144 valence electrons. The Morgan fingerprint density at radius 1 is 1.19 bits per heavy atom. The fraction of sp³-hybridized carbons (Fsp3) is 0.444. The van der Waals surface area contributed by atoms with E-state index < -0.39 is 30.2 Å². The molecule has 0 bridgehead atoms. The number of imidazole rings is 1. The normalized spacial score (nSPS) is 27.9. The van der Waals surface area contributed by atoms with Gasteiger partial charge in [0.05, 0.1) is 16.6 Å². The Morgan fingerprint density at radius 2 is 1.96 bits per heavy atom. The summed E-state index contributed by atoms with van der Waals surface area (Å²) in [6, 6.07) is 6.98. The molecular formula is C18H21N3O6. The monoisotopic (exact) mass is 375 g/mol. The van der Waals surface area contributed by atoms with E-state index in [9.17, 15) is 15.0 Å². The van der Waals surface area contributed by atoms with Gasteiger partial charge in [-0.3, -0.25) is 4.98 Å². The number of aliphatic hydroxyl groups is 2. The summed E-state index contributed by atoms with van der Waals surface area (Å²) in [5.74, 6) is 0.412. The largest absolute Gasteiger partial charge is 0.462 e. The summed E-state index contributed by atoms with van der Waals surface area (Å²) in [6.07, 6.45) is -4.21. The van der Waals surface area contributed by atoms with Gasteiger partial charge in [0.15, 0.2) is 5.65 Å². The predicted octanol–water partition coefficient (Wildman–Crippen LogP) is 0.655. The first kappa shape index (κ1) is 17.9. The van der Waals surface area contributed by atoms with Crippen LogP contribution in [0.3, 0.4) is 0 Å². The lowest BCUT2D eigenvalue weighted by molar-refractivity contribution is -0.305. The second-order valence-corrected chi connectivity index (χ2v) is 7.16. The van der Waals surface area contributed by atoms with E-state index in [4.69, 9.17) is 14.2 Å². The Morgan fingerprint density at radius 3 is 2.70 bits per heavy atom. The van der Waals surface area contributed by atoms with Gasteiger partial charge in [0.2, 0.25) is 6.29 Å². The highest BCUT2D eigenvalue weighted by Crippen LogP contribution is 2.33. The second-order valence-electron chi connectivity index (χ2n) is 7.16. The van der Waals surface area contributed by atoms with Crippen molar-refractivity contribution in [2.45, 2.75) is 44.1 Å². The van der Waals surface area contributed by atoms with Gasteiger partial charge in [0.25, 0.3) is 0 Å². The minimum Gasteiger partial charge on any atom is -0.462 e. The van der Waals surface area contributed by atoms with E-state index in [-0.39, 0.29) is 5.69 Å². The number of methoxy groups -OCH3 is 1. The van der Waals surface area contributed by atoms with Gasteiger partial charge in [-0.2, -0.15) is 0 Å². The van der Waals surface area contributed by atoms with Crippen molar-refractivity contribution in [2.24, 2.45) is 0 Å². The van der Waals surface area contributed by atoms with E-state index in [1.807, 2.05) is 0 Å². The van der Waals surface area contributed by atoms with Crippen LogP contribution < -0.4 is 10.4 Å². The van der Waals surface area contributed by atoms with Gasteiger partial charge < -0.3 is 29.4 Å². The summed E-state index contributed by atoms with van der Waals surface area (Å²) in [7, 11) is 1.45. The van der Waals surface area contributed by atoms with Gasteiger partial charge in [-0.25, -0.2) is 9.78 Å². The van der Waals surface area contributed by atoms with Gasteiger partial charge in [-0.15, -0.1) is 0 Å². The molecular weight excluding hydrogens is 354 g/mol. The van der Waals surface area contributed by atoms with Crippen LogP contribution >= 0.6 is 0 Å². The van der Waals surface area contributed by atoms with Gasteiger partial charge in [0.1, 0.15) is 24.1 Å². The quantitative estimate of drug-likeness (QED) is 0.529. The molecule has 1 fully saturated rings. The van der Waals surface area contributed by atoms with Crippen LogP contribution in [0.1, 0.15) is 13.8 Å². The van der Waals surface area contributed by atoms with Crippen LogP contribution in [0.4, 0.5) is 0 Å². The van der Waals surface area contributed by atoms with Crippen LogP contribution in [0.5, 0.6) is 5.75 Å². The fourth-order valence-corrected chi connectivity index (χ4v) is 3.51. The average molecular weight is 375 g/mol. The summed E-state index contributed by atoms with van der Waals surface area (Å²) in [5.41, 5.74) is 0.479. The van der Waals surface area contributed by atoms with Crippen molar-refractivity contribution in [3.8, 4) is 5.75 Å². The number of aromatic amines is 2. The van der Waals surface area contributed by atoms with Gasteiger partial charge in [0, 0.05) is 18.6 Å². The lowest BCUT2D eigenvalue weighted by Crippen LogP contribution is -2.63. The number of hydrogen-bond donors (Lipinski definition) is 4. The Kier molecular flexibility index (Phi) is 4.19. The Hall–Kier alpha value is -2.46. The van der Waals surface area contributed by atoms with E-state index in [1.165, 1.54) is 7.11 Å². The van der Waals surface area contributed by atoms with Crippen LogP contribution in [0, 0.1) is 0 Å². The minimum absolute atomic E-state index is 0.327. The zero-order valence-electron chi connectivity index (χ0n) is 15.1. The van der Waals surface area contributed by atoms with Crippen molar-refractivity contribution in [3.05, 3.63) is 34.7 Å². The van der Waals surface area contributed by atoms with Crippen LogP contribution in [0.25, 0.3) is 22.1 Å². The third-order valence-electron chi connectivity index (χ3n) is 4.82. The summed E-state index contributed by atoms with van der Waals surface area (Å²) in [6.45, 7) is 3.51. The first-order chi connectivity index (χ1) is 12.8. The van der Waals surface area contributed by atoms with Crippen molar-refractivity contribution in [2.75, 3.05) is 7.11 Å². The fourth-order valence-electron chi connectivity index (χ4n) is 3.51. The third kappa shape index (κ3) is 3.08. The van der Waals surface area contributed by atoms with Crippen LogP contribution in [-0.4, -0.2) is 62.5 Å². The number of nitrogens with zero attached hydrogens (tertiary/aromatic N) is 1. The van der Waals surface area contributed by atoms with Crippen molar-refractivity contribution in [1.82, 2.24) is 15.0 Å². The molecule has 3 aromatic rings. The topological polar surface area (TPSA) is 130 Å². The zero-order chi connectivity index (χ0) is 19.3. The minimum atomic E-state index is -1.28. The molecule has 0 amide bonds. The van der Waals surface area contributed by atoms with Crippen LogP contribution in [-0.2, 0) is 9.47 Å². The molecule has 1 saturated heterocycles. The molecule has 2 unspecified atom stereocenters. The maximum atomic E-state index is 11.4. The zero-order valence-corrected chi connectivity index (χ0v) is 15.1. The van der Waals surface area contributed by atoms with E-state index in [0.29, 0.717) is 22.4 Å². The Bertz CT molecular complexity index is 1040. The number of rotatable bonds is 3. The van der Waals surface area contributed by atoms with Crippen LogP contribution in [0.15, 0.2) is 29.1 Å². The first-order valence-electron chi connectivity index (χ1n) is 8.55. The highest BCUT2D eigenvalue weighted by atomic mass is 16.7. The highest BCUT2D eigenvalue weighted by molar-refractivity contribution is 5.89. The SMILES string of the molecule is CO[C@@H]1C(O)C(O)[C@H](Oc2ccc3cc4[nH]c(=O)[nH]c4nc3c2)OC1(C)C. The summed E-state index contributed by atoms with van der Waals surface area (Å²) >= 11 is 0. The number of fused-ring (bicyclic) bond motifs is 2. The average Bonchev–Trinajstić information content (AvgIpc) is 2.96. The smallest absolute Gasteiger partial charge is 0.325 e. The number of pyridine rings is 1. The Balaban J connectivity index is 1.64. The molecule has 27 heavy (non-hydrogen) atoms. The summed E-state index contributed by atoms with van der Waals surface area (Å²) in [4.78, 5) is 21.1. The van der Waals surface area contributed by atoms with E-state index >= 15 is 0 Å². The molecule has 9 nitrogen and oxygen atoms in total. The maximum absolute atomic E-state index is 11.4. The molecule has 9 heteroatoms. The van der Waals surface area contributed by atoms with Crippen molar-refractivity contribution in [1.29, 1.82) is 0 Å². The molecule has 0 saturated carbocycles. The number of ether oxygens (including phenoxy) is 3.